The number of non-ortho nitro benzene ring substituents is 1. The van der Waals surface area contributed by atoms with Crippen LogP contribution in [0.1, 0.15) is 0 Å². The molecule has 0 bridgehead atoms. The number of H-pyrrole nitrogens is 1. The van der Waals surface area contributed by atoms with Gasteiger partial charge in [0, 0.05) is 12.1 Å². The molecule has 8 nitrogen and oxygen atoms in total. The van der Waals surface area contributed by atoms with Gasteiger partial charge in [-0.2, -0.15) is 0 Å². The van der Waals surface area contributed by atoms with Crippen LogP contribution in [-0.2, 0) is 10.0 Å². The standard InChI is InChI=1S/C13H10N4O4S/c18-17(19)10-2-1-3-11(7-10)22(20,21)16-9-4-5-12-13(6-9)15-8-14-12/h1-8,16H,(H,14,15). The summed E-state index contributed by atoms with van der Waals surface area (Å²) < 4.78 is 27.0. The average Bonchev–Trinajstić information content (AvgIpc) is 2.94. The number of nitrogens with zero attached hydrogens (tertiary/aromatic N) is 2. The number of fused-ring (bicyclic) bond motifs is 1. The molecule has 0 aliphatic carbocycles. The van der Waals surface area contributed by atoms with Crippen molar-refractivity contribution >= 4 is 32.4 Å². The number of aromatic amines is 1. The summed E-state index contributed by atoms with van der Waals surface area (Å²) in [6.07, 6.45) is 1.50. The van der Waals surface area contributed by atoms with Gasteiger partial charge in [0.1, 0.15) is 0 Å². The molecule has 1 heterocycles. The maximum absolute atomic E-state index is 12.3. The van der Waals surface area contributed by atoms with E-state index < -0.39 is 14.9 Å². The first-order valence-corrected chi connectivity index (χ1v) is 7.64. The van der Waals surface area contributed by atoms with E-state index in [2.05, 4.69) is 14.7 Å². The van der Waals surface area contributed by atoms with Gasteiger partial charge in [-0.05, 0) is 24.3 Å². The Morgan fingerprint density at radius 1 is 1.18 bits per heavy atom. The number of rotatable bonds is 4. The molecule has 2 N–H and O–H groups in total. The van der Waals surface area contributed by atoms with Crippen LogP contribution in [0.25, 0.3) is 11.0 Å². The minimum Gasteiger partial charge on any atom is -0.345 e. The molecular formula is C13H10N4O4S. The van der Waals surface area contributed by atoms with Crippen LogP contribution in [0.3, 0.4) is 0 Å². The van der Waals surface area contributed by atoms with E-state index >= 15 is 0 Å². The zero-order valence-corrected chi connectivity index (χ0v) is 11.9. The molecule has 9 heteroatoms. The molecule has 0 aliphatic heterocycles. The number of nitro benzene ring substituents is 1. The Labute approximate surface area is 125 Å². The van der Waals surface area contributed by atoms with Crippen molar-refractivity contribution < 1.29 is 13.3 Å². The van der Waals surface area contributed by atoms with Gasteiger partial charge in [-0.15, -0.1) is 0 Å². The summed E-state index contributed by atoms with van der Waals surface area (Å²) in [5.74, 6) is 0. The zero-order valence-electron chi connectivity index (χ0n) is 11.1. The highest BCUT2D eigenvalue weighted by molar-refractivity contribution is 7.92. The van der Waals surface area contributed by atoms with Crippen LogP contribution >= 0.6 is 0 Å². The first-order chi connectivity index (χ1) is 10.5. The lowest BCUT2D eigenvalue weighted by atomic mass is 10.3. The van der Waals surface area contributed by atoms with Crippen molar-refractivity contribution in [1.29, 1.82) is 0 Å². The topological polar surface area (TPSA) is 118 Å². The Kier molecular flexibility index (Phi) is 3.26. The van der Waals surface area contributed by atoms with Crippen molar-refractivity contribution in [3.63, 3.8) is 0 Å². The fourth-order valence-electron chi connectivity index (χ4n) is 1.98. The fourth-order valence-corrected chi connectivity index (χ4v) is 3.07. The highest BCUT2D eigenvalue weighted by Crippen LogP contribution is 2.22. The maximum atomic E-state index is 12.3. The Hall–Kier alpha value is -2.94. The van der Waals surface area contributed by atoms with E-state index in [0.717, 1.165) is 6.07 Å². The monoisotopic (exact) mass is 318 g/mol. The second-order valence-corrected chi connectivity index (χ2v) is 6.18. The fraction of sp³-hybridized carbons (Fsp3) is 0. The van der Waals surface area contributed by atoms with E-state index in [1.54, 1.807) is 18.2 Å². The minimum absolute atomic E-state index is 0.175. The van der Waals surface area contributed by atoms with Crippen LogP contribution in [0.15, 0.2) is 53.7 Å². The number of benzene rings is 2. The number of hydrogen-bond donors (Lipinski definition) is 2. The Balaban J connectivity index is 1.95. The first-order valence-electron chi connectivity index (χ1n) is 6.16. The second-order valence-electron chi connectivity index (χ2n) is 4.49. The minimum atomic E-state index is -3.91. The molecule has 0 unspecified atom stereocenters. The molecule has 0 atom stereocenters. The van der Waals surface area contributed by atoms with Crippen LogP contribution in [-0.4, -0.2) is 23.3 Å². The number of sulfonamides is 1. The van der Waals surface area contributed by atoms with E-state index in [4.69, 9.17) is 0 Å². The van der Waals surface area contributed by atoms with E-state index in [1.807, 2.05) is 0 Å². The van der Waals surface area contributed by atoms with E-state index in [-0.39, 0.29) is 10.6 Å². The quantitative estimate of drug-likeness (QED) is 0.565. The van der Waals surface area contributed by atoms with Crippen molar-refractivity contribution in [2.75, 3.05) is 4.72 Å². The normalized spacial score (nSPS) is 11.5. The number of hydrogen-bond acceptors (Lipinski definition) is 5. The van der Waals surface area contributed by atoms with Gasteiger partial charge in [0.2, 0.25) is 0 Å². The van der Waals surface area contributed by atoms with Crippen molar-refractivity contribution in [2.24, 2.45) is 0 Å². The summed E-state index contributed by atoms with van der Waals surface area (Å²) in [5.41, 5.74) is 1.44. The summed E-state index contributed by atoms with van der Waals surface area (Å²) in [6, 6.07) is 9.69. The molecule has 3 aromatic rings. The van der Waals surface area contributed by atoms with Gasteiger partial charge in [0.15, 0.2) is 0 Å². The number of imidazole rings is 1. The molecule has 0 radical (unpaired) electrons. The Bertz CT molecular complexity index is 965. The SMILES string of the molecule is O=[N+]([O-])c1cccc(S(=O)(=O)Nc2ccc3nc[nH]c3c2)c1. The lowest BCUT2D eigenvalue weighted by Crippen LogP contribution is -2.13. The van der Waals surface area contributed by atoms with E-state index in [9.17, 15) is 18.5 Å². The molecule has 0 saturated carbocycles. The molecule has 112 valence electrons. The van der Waals surface area contributed by atoms with Crippen molar-refractivity contribution in [1.82, 2.24) is 9.97 Å². The molecule has 3 rings (SSSR count). The Morgan fingerprint density at radius 2 is 2.00 bits per heavy atom. The van der Waals surface area contributed by atoms with Gasteiger partial charge in [0.25, 0.3) is 15.7 Å². The third-order valence-corrected chi connectivity index (χ3v) is 4.39. The van der Waals surface area contributed by atoms with Crippen LogP contribution in [0.4, 0.5) is 11.4 Å². The van der Waals surface area contributed by atoms with Gasteiger partial charge in [-0.25, -0.2) is 13.4 Å². The molecule has 0 saturated heterocycles. The summed E-state index contributed by atoms with van der Waals surface area (Å²) in [5, 5.41) is 10.7. The van der Waals surface area contributed by atoms with E-state index in [1.165, 1.54) is 24.5 Å². The number of nitrogens with one attached hydrogen (secondary N) is 2. The zero-order chi connectivity index (χ0) is 15.7. The number of aromatic nitrogens is 2. The smallest absolute Gasteiger partial charge is 0.270 e. The molecule has 0 spiro atoms. The predicted octanol–water partition coefficient (Wildman–Crippen LogP) is 2.27. The maximum Gasteiger partial charge on any atom is 0.270 e. The Morgan fingerprint density at radius 3 is 2.77 bits per heavy atom. The van der Waals surface area contributed by atoms with Crippen molar-refractivity contribution in [2.45, 2.75) is 4.90 Å². The lowest BCUT2D eigenvalue weighted by molar-refractivity contribution is -0.385. The molecule has 0 amide bonds. The molecule has 22 heavy (non-hydrogen) atoms. The molecule has 0 fully saturated rings. The highest BCUT2D eigenvalue weighted by atomic mass is 32.2. The van der Waals surface area contributed by atoms with Crippen LogP contribution in [0, 0.1) is 10.1 Å². The largest absolute Gasteiger partial charge is 0.345 e. The summed E-state index contributed by atoms with van der Waals surface area (Å²) in [6.45, 7) is 0. The van der Waals surface area contributed by atoms with Gasteiger partial charge in [-0.3, -0.25) is 14.8 Å². The first kappa shape index (κ1) is 14.0. The predicted molar refractivity (Wildman–Crippen MR) is 80.0 cm³/mol. The summed E-state index contributed by atoms with van der Waals surface area (Å²) in [4.78, 5) is 16.8. The summed E-state index contributed by atoms with van der Waals surface area (Å²) in [7, 11) is -3.91. The molecule has 1 aromatic heterocycles. The summed E-state index contributed by atoms with van der Waals surface area (Å²) >= 11 is 0. The second kappa shape index (κ2) is 5.11. The van der Waals surface area contributed by atoms with Crippen molar-refractivity contribution in [3.05, 3.63) is 58.9 Å². The van der Waals surface area contributed by atoms with Gasteiger partial charge in [0.05, 0.1) is 32.9 Å². The molecular weight excluding hydrogens is 308 g/mol. The molecule has 2 aromatic carbocycles. The van der Waals surface area contributed by atoms with E-state index in [0.29, 0.717) is 16.7 Å². The van der Waals surface area contributed by atoms with Crippen LogP contribution in [0.5, 0.6) is 0 Å². The highest BCUT2D eigenvalue weighted by Gasteiger charge is 2.18. The van der Waals surface area contributed by atoms with Gasteiger partial charge in [-0.1, -0.05) is 6.07 Å². The van der Waals surface area contributed by atoms with Crippen molar-refractivity contribution in [3.8, 4) is 0 Å². The average molecular weight is 318 g/mol. The van der Waals surface area contributed by atoms with Gasteiger partial charge >= 0.3 is 0 Å². The number of nitro groups is 1. The lowest BCUT2D eigenvalue weighted by Gasteiger charge is -2.08. The van der Waals surface area contributed by atoms with Crippen LogP contribution in [0.2, 0.25) is 0 Å². The van der Waals surface area contributed by atoms with Gasteiger partial charge < -0.3 is 4.98 Å². The van der Waals surface area contributed by atoms with Crippen LogP contribution < -0.4 is 4.72 Å². The molecule has 0 aliphatic rings. The third-order valence-electron chi connectivity index (χ3n) is 3.01. The third kappa shape index (κ3) is 2.61. The number of anilines is 1.